The molecule has 1 N–H and O–H groups in total. The van der Waals surface area contributed by atoms with Crippen molar-refractivity contribution in [2.45, 2.75) is 46.1 Å². The summed E-state index contributed by atoms with van der Waals surface area (Å²) in [6.07, 6.45) is 4.03. The summed E-state index contributed by atoms with van der Waals surface area (Å²) in [6, 6.07) is 0.518. The first-order chi connectivity index (χ1) is 6.50. The minimum absolute atomic E-state index is 0.243. The summed E-state index contributed by atoms with van der Waals surface area (Å²) in [5.74, 6) is 0.851. The van der Waals surface area contributed by atoms with Crippen LogP contribution in [0.3, 0.4) is 0 Å². The Hall–Kier alpha value is -0.110. The lowest BCUT2D eigenvalue weighted by Gasteiger charge is -2.43. The maximum atomic E-state index is 12.2. The van der Waals surface area contributed by atoms with Crippen molar-refractivity contribution in [3.63, 3.8) is 0 Å². The van der Waals surface area contributed by atoms with E-state index in [9.17, 15) is 4.39 Å². The van der Waals surface area contributed by atoms with Gasteiger partial charge in [0.05, 0.1) is 0 Å². The molecule has 3 atom stereocenters. The average molecular weight is 199 g/mol. The van der Waals surface area contributed by atoms with Crippen molar-refractivity contribution >= 4 is 0 Å². The van der Waals surface area contributed by atoms with Gasteiger partial charge in [0.1, 0.15) is 6.67 Å². The van der Waals surface area contributed by atoms with Gasteiger partial charge >= 0.3 is 0 Å². The lowest BCUT2D eigenvalue weighted by atomic mass is 9.68. The average Bonchev–Trinajstić information content (AvgIpc) is 2.55. The maximum Gasteiger partial charge on any atom is 0.102 e. The number of hydrogen-bond donors (Lipinski definition) is 1. The Morgan fingerprint density at radius 2 is 2.07 bits per heavy atom. The van der Waals surface area contributed by atoms with E-state index in [1.807, 2.05) is 0 Å². The van der Waals surface area contributed by atoms with Gasteiger partial charge in [-0.05, 0) is 36.0 Å². The Labute approximate surface area is 86.5 Å². The molecule has 0 radical (unpaired) electrons. The lowest BCUT2D eigenvalue weighted by Crippen LogP contribution is -2.50. The van der Waals surface area contributed by atoms with Crippen molar-refractivity contribution in [1.82, 2.24) is 5.32 Å². The van der Waals surface area contributed by atoms with E-state index in [2.05, 4.69) is 26.1 Å². The van der Waals surface area contributed by atoms with Crippen LogP contribution in [0.15, 0.2) is 0 Å². The molecule has 1 unspecified atom stereocenters. The van der Waals surface area contributed by atoms with Crippen LogP contribution in [0.5, 0.6) is 0 Å². The van der Waals surface area contributed by atoms with Gasteiger partial charge in [0, 0.05) is 12.6 Å². The quantitative estimate of drug-likeness (QED) is 0.737. The van der Waals surface area contributed by atoms with Crippen molar-refractivity contribution in [3.8, 4) is 0 Å². The fourth-order valence-electron chi connectivity index (χ4n) is 4.01. The Kier molecular flexibility index (Phi) is 2.37. The molecule has 0 heterocycles. The second-order valence-electron chi connectivity index (χ2n) is 5.99. The number of alkyl halides is 1. The molecule has 2 saturated carbocycles. The number of hydrogen-bond acceptors (Lipinski definition) is 1. The molecule has 0 amide bonds. The number of fused-ring (bicyclic) bond motifs is 2. The van der Waals surface area contributed by atoms with Crippen LogP contribution in [0, 0.1) is 16.7 Å². The molecular weight excluding hydrogens is 177 g/mol. The first-order valence-corrected chi connectivity index (χ1v) is 5.80. The Balaban J connectivity index is 2.13. The first kappa shape index (κ1) is 10.4. The Morgan fingerprint density at radius 1 is 1.36 bits per heavy atom. The Bertz CT molecular complexity index is 222. The maximum absolute atomic E-state index is 12.2. The van der Waals surface area contributed by atoms with E-state index in [0.29, 0.717) is 23.4 Å². The van der Waals surface area contributed by atoms with Gasteiger partial charge in [-0.2, -0.15) is 0 Å². The van der Waals surface area contributed by atoms with Gasteiger partial charge in [-0.25, -0.2) is 4.39 Å². The van der Waals surface area contributed by atoms with Crippen LogP contribution in [-0.4, -0.2) is 19.3 Å². The predicted octanol–water partition coefficient (Wildman–Crippen LogP) is 2.76. The predicted molar refractivity (Wildman–Crippen MR) is 57.0 cm³/mol. The van der Waals surface area contributed by atoms with Crippen molar-refractivity contribution in [2.75, 3.05) is 13.2 Å². The van der Waals surface area contributed by atoms with Crippen molar-refractivity contribution in [3.05, 3.63) is 0 Å². The molecule has 0 spiro atoms. The standard InChI is InChI=1S/C12H22FN/c1-11(2)9-4-5-12(3,8-9)10(11)14-7-6-13/h9-10,14H,4-8H2,1-3H3/t9-,10?,12+/m0/s1. The van der Waals surface area contributed by atoms with E-state index in [0.717, 1.165) is 5.92 Å². The fourth-order valence-corrected chi connectivity index (χ4v) is 4.01. The molecule has 2 aliphatic carbocycles. The molecule has 0 aliphatic heterocycles. The summed E-state index contributed by atoms with van der Waals surface area (Å²) in [7, 11) is 0. The van der Waals surface area contributed by atoms with Crippen LogP contribution in [0.2, 0.25) is 0 Å². The molecule has 0 aromatic carbocycles. The highest BCUT2D eigenvalue weighted by molar-refractivity contribution is 5.11. The highest BCUT2D eigenvalue weighted by Gasteiger charge is 2.58. The second-order valence-corrected chi connectivity index (χ2v) is 5.99. The zero-order valence-corrected chi connectivity index (χ0v) is 9.57. The van der Waals surface area contributed by atoms with Crippen LogP contribution in [0.1, 0.15) is 40.0 Å². The molecule has 2 aliphatic rings. The molecule has 0 aromatic heterocycles. The van der Waals surface area contributed by atoms with Gasteiger partial charge in [-0.3, -0.25) is 0 Å². The minimum atomic E-state index is -0.243. The smallest absolute Gasteiger partial charge is 0.102 e. The molecule has 0 aromatic rings. The zero-order valence-electron chi connectivity index (χ0n) is 9.57. The number of nitrogens with one attached hydrogen (secondary N) is 1. The summed E-state index contributed by atoms with van der Waals surface area (Å²) in [4.78, 5) is 0. The lowest BCUT2D eigenvalue weighted by molar-refractivity contribution is 0.108. The van der Waals surface area contributed by atoms with Crippen LogP contribution < -0.4 is 5.32 Å². The highest BCUT2D eigenvalue weighted by atomic mass is 19.1. The molecule has 82 valence electrons. The Morgan fingerprint density at radius 3 is 2.57 bits per heavy atom. The molecule has 2 rings (SSSR count). The normalized spacial score (nSPS) is 44.6. The fraction of sp³-hybridized carbons (Fsp3) is 1.00. The third kappa shape index (κ3) is 1.30. The van der Waals surface area contributed by atoms with E-state index >= 15 is 0 Å². The third-order valence-electron chi connectivity index (χ3n) is 4.71. The zero-order chi connectivity index (χ0) is 10.4. The number of rotatable bonds is 3. The molecule has 0 saturated heterocycles. The topological polar surface area (TPSA) is 12.0 Å². The van der Waals surface area contributed by atoms with E-state index in [-0.39, 0.29) is 6.67 Å². The van der Waals surface area contributed by atoms with Gasteiger partial charge in [-0.15, -0.1) is 0 Å². The van der Waals surface area contributed by atoms with Crippen molar-refractivity contribution < 1.29 is 4.39 Å². The van der Waals surface area contributed by atoms with Crippen LogP contribution in [0.4, 0.5) is 4.39 Å². The summed E-state index contributed by atoms with van der Waals surface area (Å²) in [5.41, 5.74) is 0.797. The van der Waals surface area contributed by atoms with E-state index in [4.69, 9.17) is 0 Å². The highest BCUT2D eigenvalue weighted by Crippen LogP contribution is 2.62. The number of halogens is 1. The van der Waals surface area contributed by atoms with E-state index in [1.54, 1.807) is 0 Å². The third-order valence-corrected chi connectivity index (χ3v) is 4.71. The van der Waals surface area contributed by atoms with Crippen LogP contribution in [-0.2, 0) is 0 Å². The van der Waals surface area contributed by atoms with Crippen molar-refractivity contribution in [1.29, 1.82) is 0 Å². The first-order valence-electron chi connectivity index (χ1n) is 5.80. The summed E-state index contributed by atoms with van der Waals surface area (Å²) >= 11 is 0. The van der Waals surface area contributed by atoms with Crippen LogP contribution >= 0.6 is 0 Å². The summed E-state index contributed by atoms with van der Waals surface area (Å²) in [6.45, 7) is 7.34. The summed E-state index contributed by atoms with van der Waals surface area (Å²) < 4.78 is 12.2. The van der Waals surface area contributed by atoms with E-state index < -0.39 is 0 Å². The summed E-state index contributed by atoms with van der Waals surface area (Å²) in [5, 5.41) is 3.42. The largest absolute Gasteiger partial charge is 0.310 e. The molecule has 2 fully saturated rings. The second kappa shape index (κ2) is 3.19. The molecular formula is C12H22FN. The van der Waals surface area contributed by atoms with Crippen LogP contribution in [0.25, 0.3) is 0 Å². The minimum Gasteiger partial charge on any atom is -0.310 e. The molecule has 2 heteroatoms. The van der Waals surface area contributed by atoms with Gasteiger partial charge in [0.2, 0.25) is 0 Å². The van der Waals surface area contributed by atoms with E-state index in [1.165, 1.54) is 19.3 Å². The van der Waals surface area contributed by atoms with Gasteiger partial charge in [0.15, 0.2) is 0 Å². The molecule has 2 bridgehead atoms. The molecule has 14 heavy (non-hydrogen) atoms. The SMILES string of the molecule is CC1(C)C(NCCF)[C@]2(C)CC[C@H]1C2. The van der Waals surface area contributed by atoms with Gasteiger partial charge < -0.3 is 5.32 Å². The van der Waals surface area contributed by atoms with Crippen molar-refractivity contribution in [2.24, 2.45) is 16.7 Å². The van der Waals surface area contributed by atoms with Gasteiger partial charge in [-0.1, -0.05) is 20.8 Å². The monoisotopic (exact) mass is 199 g/mol. The van der Waals surface area contributed by atoms with Gasteiger partial charge in [0.25, 0.3) is 0 Å². The molecule has 1 nitrogen and oxygen atoms in total.